The summed E-state index contributed by atoms with van der Waals surface area (Å²) in [7, 11) is 1.59. The van der Waals surface area contributed by atoms with Gasteiger partial charge in [-0.05, 0) is 72.3 Å². The predicted molar refractivity (Wildman–Crippen MR) is 191 cm³/mol. The van der Waals surface area contributed by atoms with E-state index >= 15 is 0 Å². The second-order valence-electron chi connectivity index (χ2n) is 10.5. The molecule has 0 saturated carbocycles. The first-order valence-electron chi connectivity index (χ1n) is 14.9. The molecule has 1 aliphatic rings. The van der Waals surface area contributed by atoms with E-state index in [-0.39, 0.29) is 12.2 Å². The molecule has 0 aliphatic carbocycles. The van der Waals surface area contributed by atoms with E-state index in [4.69, 9.17) is 19.2 Å². The number of rotatable bonds is 10. The third kappa shape index (κ3) is 7.00. The number of thiazole rings is 1. The number of thioether (sulfide) groups is 1. The van der Waals surface area contributed by atoms with Crippen molar-refractivity contribution in [3.05, 3.63) is 149 Å². The van der Waals surface area contributed by atoms with Crippen molar-refractivity contribution in [3.8, 4) is 11.5 Å². The zero-order valence-corrected chi connectivity index (χ0v) is 29.2. The molecular formula is C37H31BrN2O5S2. The van der Waals surface area contributed by atoms with Crippen molar-refractivity contribution >= 4 is 56.8 Å². The van der Waals surface area contributed by atoms with Crippen LogP contribution in [0.1, 0.15) is 35.2 Å². The van der Waals surface area contributed by atoms with Crippen LogP contribution in [0.3, 0.4) is 0 Å². The molecule has 0 bridgehead atoms. The van der Waals surface area contributed by atoms with Gasteiger partial charge >= 0.3 is 5.97 Å². The van der Waals surface area contributed by atoms with Crippen LogP contribution in [0.4, 0.5) is 0 Å². The number of halogens is 1. The van der Waals surface area contributed by atoms with Gasteiger partial charge in [-0.15, -0.1) is 11.8 Å². The zero-order valence-electron chi connectivity index (χ0n) is 25.9. The summed E-state index contributed by atoms with van der Waals surface area (Å²) in [5.74, 6) is 0.632. The molecule has 1 atom stereocenters. The summed E-state index contributed by atoms with van der Waals surface area (Å²) in [5.41, 5.74) is 3.90. The molecule has 2 heterocycles. The number of esters is 1. The first-order valence-corrected chi connectivity index (χ1v) is 17.7. The minimum absolute atomic E-state index is 0.192. The van der Waals surface area contributed by atoms with Gasteiger partial charge in [-0.3, -0.25) is 9.36 Å². The molecule has 0 unspecified atom stereocenters. The van der Waals surface area contributed by atoms with Crippen molar-refractivity contribution < 1.29 is 19.0 Å². The van der Waals surface area contributed by atoms with E-state index in [1.165, 1.54) is 11.3 Å². The van der Waals surface area contributed by atoms with Crippen LogP contribution in [0.2, 0.25) is 0 Å². The standard InChI is InChI=1S/C37H31BrN2O5S2/c1-4-44-36(42)32-33(25-8-6-5-7-9-25)39-37-40(34(32)26-13-17-28(46-3)18-14-26)35(41)31(47-37)21-24-12-19-29(30(20-24)43-2)45-22-23-10-15-27(38)16-11-23/h5-21,34H,4,22H2,1-3H3/b31-21-/t34-/m1/s1. The number of fused-ring (bicyclic) bond motifs is 1. The summed E-state index contributed by atoms with van der Waals surface area (Å²) in [6, 6.07) is 30.2. The van der Waals surface area contributed by atoms with E-state index in [0.29, 0.717) is 38.7 Å². The maximum atomic E-state index is 14.2. The van der Waals surface area contributed by atoms with Crippen molar-refractivity contribution in [1.29, 1.82) is 0 Å². The van der Waals surface area contributed by atoms with Crippen LogP contribution < -0.4 is 24.4 Å². The van der Waals surface area contributed by atoms with Gasteiger partial charge in [0.1, 0.15) is 6.61 Å². The van der Waals surface area contributed by atoms with E-state index in [2.05, 4.69) is 15.9 Å². The highest BCUT2D eigenvalue weighted by Gasteiger charge is 2.35. The minimum atomic E-state index is -0.734. The van der Waals surface area contributed by atoms with Gasteiger partial charge in [0.05, 0.1) is 35.6 Å². The molecule has 0 N–H and O–H groups in total. The van der Waals surface area contributed by atoms with Gasteiger partial charge in [0.25, 0.3) is 5.56 Å². The molecule has 4 aromatic carbocycles. The van der Waals surface area contributed by atoms with E-state index in [0.717, 1.165) is 31.6 Å². The third-order valence-corrected chi connectivity index (χ3v) is 9.85. The average molecular weight is 728 g/mol. The summed E-state index contributed by atoms with van der Waals surface area (Å²) in [6.45, 7) is 2.34. The number of methoxy groups -OCH3 is 1. The number of nitrogens with zero attached hydrogens (tertiary/aromatic N) is 2. The van der Waals surface area contributed by atoms with Crippen molar-refractivity contribution in [3.63, 3.8) is 0 Å². The fourth-order valence-electron chi connectivity index (χ4n) is 5.33. The lowest BCUT2D eigenvalue weighted by Crippen LogP contribution is -2.40. The summed E-state index contributed by atoms with van der Waals surface area (Å²) in [4.78, 5) is 34.4. The van der Waals surface area contributed by atoms with Gasteiger partial charge in [0.2, 0.25) is 0 Å². The highest BCUT2D eigenvalue weighted by Crippen LogP contribution is 2.36. The van der Waals surface area contributed by atoms with Crippen LogP contribution in [0.5, 0.6) is 11.5 Å². The topological polar surface area (TPSA) is 79.1 Å². The molecule has 0 spiro atoms. The number of benzene rings is 4. The Morgan fingerprint density at radius 1 is 1.00 bits per heavy atom. The number of carbonyl (C=O) groups excluding carboxylic acids is 1. The number of aromatic nitrogens is 1. The van der Waals surface area contributed by atoms with E-state index in [1.807, 2.05) is 109 Å². The van der Waals surface area contributed by atoms with Gasteiger partial charge in [-0.2, -0.15) is 0 Å². The summed E-state index contributed by atoms with van der Waals surface area (Å²) < 4.78 is 20.4. The largest absolute Gasteiger partial charge is 0.493 e. The Labute approximate surface area is 289 Å². The van der Waals surface area contributed by atoms with Crippen molar-refractivity contribution in [2.75, 3.05) is 20.0 Å². The van der Waals surface area contributed by atoms with Gasteiger partial charge < -0.3 is 14.2 Å². The molecule has 238 valence electrons. The predicted octanol–water partition coefficient (Wildman–Crippen LogP) is 7.01. The lowest BCUT2D eigenvalue weighted by Gasteiger charge is -2.26. The smallest absolute Gasteiger partial charge is 0.338 e. The Balaban J connectivity index is 1.46. The molecule has 10 heteroatoms. The molecule has 1 aromatic heterocycles. The third-order valence-electron chi connectivity index (χ3n) is 7.60. The van der Waals surface area contributed by atoms with Crippen LogP contribution in [-0.2, 0) is 16.1 Å². The van der Waals surface area contributed by atoms with Crippen molar-refractivity contribution in [2.45, 2.75) is 24.5 Å². The second-order valence-corrected chi connectivity index (χ2v) is 13.3. The molecule has 6 rings (SSSR count). The lowest BCUT2D eigenvalue weighted by molar-refractivity contribution is -0.138. The number of hydrogen-bond acceptors (Lipinski definition) is 8. The van der Waals surface area contributed by atoms with Crippen LogP contribution in [0.25, 0.3) is 11.8 Å². The average Bonchev–Trinajstić information content (AvgIpc) is 3.41. The zero-order chi connectivity index (χ0) is 32.9. The monoisotopic (exact) mass is 726 g/mol. The van der Waals surface area contributed by atoms with Crippen LogP contribution in [0.15, 0.2) is 122 Å². The SMILES string of the molecule is CCOC(=O)C1=C(c2ccccc2)N=c2s/c(=C\c3ccc(OCc4ccc(Br)cc4)c(OC)c3)c(=O)n2[C@@H]1c1ccc(SC)cc1. The second kappa shape index (κ2) is 14.6. The Morgan fingerprint density at radius 2 is 1.74 bits per heavy atom. The molecule has 0 amide bonds. The van der Waals surface area contributed by atoms with E-state index < -0.39 is 12.0 Å². The normalized spacial score (nSPS) is 14.4. The van der Waals surface area contributed by atoms with Crippen molar-refractivity contribution in [2.24, 2.45) is 4.99 Å². The first-order chi connectivity index (χ1) is 22.9. The summed E-state index contributed by atoms with van der Waals surface area (Å²) in [6.07, 6.45) is 3.82. The molecular weight excluding hydrogens is 696 g/mol. The molecule has 0 saturated heterocycles. The van der Waals surface area contributed by atoms with Crippen LogP contribution in [0, 0.1) is 0 Å². The first kappa shape index (κ1) is 32.6. The maximum Gasteiger partial charge on any atom is 0.338 e. The molecule has 0 radical (unpaired) electrons. The fourth-order valence-corrected chi connectivity index (χ4v) is 7.00. The minimum Gasteiger partial charge on any atom is -0.493 e. The van der Waals surface area contributed by atoms with Gasteiger partial charge in [0.15, 0.2) is 16.3 Å². The Kier molecular flexibility index (Phi) is 10.1. The summed E-state index contributed by atoms with van der Waals surface area (Å²) in [5, 5.41) is 0. The molecule has 47 heavy (non-hydrogen) atoms. The highest BCUT2D eigenvalue weighted by atomic mass is 79.9. The number of ether oxygens (including phenoxy) is 3. The van der Waals surface area contributed by atoms with Crippen LogP contribution in [-0.4, -0.2) is 30.5 Å². The number of hydrogen-bond donors (Lipinski definition) is 0. The van der Waals surface area contributed by atoms with E-state index in [1.54, 1.807) is 30.4 Å². The Bertz CT molecular complexity index is 2120. The molecule has 5 aromatic rings. The van der Waals surface area contributed by atoms with Crippen molar-refractivity contribution in [1.82, 2.24) is 4.57 Å². The highest BCUT2D eigenvalue weighted by molar-refractivity contribution is 9.10. The summed E-state index contributed by atoms with van der Waals surface area (Å²) >= 11 is 6.35. The van der Waals surface area contributed by atoms with E-state index in [9.17, 15) is 9.59 Å². The Morgan fingerprint density at radius 3 is 2.43 bits per heavy atom. The maximum absolute atomic E-state index is 14.2. The van der Waals surface area contributed by atoms with Gasteiger partial charge in [-0.25, -0.2) is 9.79 Å². The quantitative estimate of drug-likeness (QED) is 0.114. The molecule has 7 nitrogen and oxygen atoms in total. The van der Waals surface area contributed by atoms with Crippen LogP contribution >= 0.6 is 39.0 Å². The number of carbonyl (C=O) groups is 1. The molecule has 1 aliphatic heterocycles. The molecule has 0 fully saturated rings. The fraction of sp³-hybridized carbons (Fsp3) is 0.162. The Hall–Kier alpha value is -4.38. The lowest BCUT2D eigenvalue weighted by atomic mass is 9.93. The van der Waals surface area contributed by atoms with Gasteiger partial charge in [0, 0.05) is 14.9 Å². The van der Waals surface area contributed by atoms with Gasteiger partial charge in [-0.1, -0.05) is 87.9 Å².